The molecule has 1 N–H and O–H groups in total. The van der Waals surface area contributed by atoms with Crippen molar-refractivity contribution in [2.24, 2.45) is 5.92 Å². The monoisotopic (exact) mass is 230 g/mol. The topological polar surface area (TPSA) is 37.5 Å². The zero-order valence-corrected chi connectivity index (χ0v) is 9.98. The highest BCUT2D eigenvalue weighted by atomic mass is 16.5. The number of nitriles is 1. The highest BCUT2D eigenvalue weighted by Crippen LogP contribution is 2.15. The predicted molar refractivity (Wildman–Crippen MR) is 65.4 cm³/mol. The quantitative estimate of drug-likeness (QED) is 0.787. The Balaban J connectivity index is 1.87. The summed E-state index contributed by atoms with van der Waals surface area (Å²) in [4.78, 5) is 1.34. The highest BCUT2D eigenvalue weighted by Gasteiger charge is 2.18. The minimum atomic E-state index is 0.585. The number of hydrogen-bond acceptors (Lipinski definition) is 2. The van der Waals surface area contributed by atoms with E-state index in [9.17, 15) is 0 Å². The molecule has 1 aliphatic rings. The van der Waals surface area contributed by atoms with Gasteiger partial charge in [0.2, 0.25) is 0 Å². The van der Waals surface area contributed by atoms with Crippen LogP contribution < -0.4 is 9.64 Å². The second kappa shape index (κ2) is 5.70. The molecule has 1 saturated heterocycles. The number of quaternary nitrogens is 1. The summed E-state index contributed by atoms with van der Waals surface area (Å²) in [5, 5.41) is 8.80. The van der Waals surface area contributed by atoms with Gasteiger partial charge in [0.1, 0.15) is 5.75 Å². The summed E-state index contributed by atoms with van der Waals surface area (Å²) >= 11 is 0. The molecule has 3 heteroatoms. The summed E-state index contributed by atoms with van der Waals surface area (Å²) in [6.07, 6.45) is 2.45. The molecule has 1 aliphatic heterocycles. The lowest BCUT2D eigenvalue weighted by Crippen LogP contribution is -3.08. The second-order valence-corrected chi connectivity index (χ2v) is 4.66. The fourth-order valence-corrected chi connectivity index (χ4v) is 2.26. The average molecular weight is 230 g/mol. The van der Waals surface area contributed by atoms with Crippen LogP contribution in [0.5, 0.6) is 5.75 Å². The van der Waals surface area contributed by atoms with E-state index in [0.29, 0.717) is 11.5 Å². The minimum absolute atomic E-state index is 0.585. The molecule has 2 rings (SSSR count). The lowest BCUT2D eigenvalue weighted by Gasteiger charge is -2.31. The zero-order chi connectivity index (χ0) is 12.1. The van der Waals surface area contributed by atoms with Crippen LogP contribution in [0.1, 0.15) is 18.4 Å². The van der Waals surface area contributed by atoms with Crippen LogP contribution in [0, 0.1) is 24.3 Å². The summed E-state index contributed by atoms with van der Waals surface area (Å²) in [5.74, 6) is 1.38. The number of likely N-dealkylation sites (tertiary alicyclic amines) is 1. The summed E-state index contributed by atoms with van der Waals surface area (Å²) in [6.45, 7) is 2.98. The molecule has 0 radical (unpaired) electrons. The van der Waals surface area contributed by atoms with Crippen LogP contribution in [0.4, 0.5) is 0 Å². The Bertz CT molecular complexity index is 411. The van der Waals surface area contributed by atoms with E-state index in [1.807, 2.05) is 12.1 Å². The molecule has 0 aliphatic carbocycles. The van der Waals surface area contributed by atoms with Gasteiger partial charge < -0.3 is 9.64 Å². The first kappa shape index (κ1) is 11.9. The Morgan fingerprint density at radius 3 is 3.18 bits per heavy atom. The molecule has 0 amide bonds. The molecule has 90 valence electrons. The number of rotatable bonds is 3. The molecule has 0 saturated carbocycles. The van der Waals surface area contributed by atoms with Gasteiger partial charge in [-0.15, -0.1) is 0 Å². The number of ether oxygens (including phenoxy) is 1. The van der Waals surface area contributed by atoms with Gasteiger partial charge in [-0.3, -0.25) is 0 Å². The van der Waals surface area contributed by atoms with Gasteiger partial charge >= 0.3 is 0 Å². The fraction of sp³-hybridized carbons (Fsp3) is 0.429. The Labute approximate surface area is 103 Å². The van der Waals surface area contributed by atoms with Crippen molar-refractivity contribution in [1.29, 1.82) is 5.26 Å². The van der Waals surface area contributed by atoms with Crippen molar-refractivity contribution in [3.05, 3.63) is 36.9 Å². The maximum atomic E-state index is 8.80. The highest BCUT2D eigenvalue weighted by molar-refractivity contribution is 5.36. The Morgan fingerprint density at radius 1 is 1.53 bits per heavy atom. The van der Waals surface area contributed by atoms with E-state index in [1.54, 1.807) is 12.1 Å². The summed E-state index contributed by atoms with van der Waals surface area (Å²) in [7, 11) is 4.05. The van der Waals surface area contributed by atoms with E-state index in [4.69, 9.17) is 10.00 Å². The van der Waals surface area contributed by atoms with Crippen LogP contribution in [-0.2, 0) is 0 Å². The van der Waals surface area contributed by atoms with Gasteiger partial charge in [-0.05, 0) is 31.0 Å². The van der Waals surface area contributed by atoms with Crippen molar-refractivity contribution in [3.8, 4) is 11.8 Å². The molecule has 1 fully saturated rings. The molecule has 1 aromatic carbocycles. The summed E-state index contributed by atoms with van der Waals surface area (Å²) in [5.41, 5.74) is 0.649. The maximum Gasteiger partial charge on any atom is 0.120 e. The van der Waals surface area contributed by atoms with Gasteiger partial charge in [-0.1, -0.05) is 6.07 Å². The van der Waals surface area contributed by atoms with Crippen LogP contribution >= 0.6 is 0 Å². The van der Waals surface area contributed by atoms with E-state index < -0.39 is 0 Å². The third-order valence-electron chi connectivity index (χ3n) is 3.17. The average Bonchev–Trinajstić information content (AvgIpc) is 2.37. The van der Waals surface area contributed by atoms with E-state index in [0.717, 1.165) is 18.9 Å². The van der Waals surface area contributed by atoms with Crippen molar-refractivity contribution >= 4 is 0 Å². The smallest absolute Gasteiger partial charge is 0.120 e. The molecule has 1 aromatic rings. The van der Waals surface area contributed by atoms with E-state index in [1.165, 1.54) is 24.3 Å². The van der Waals surface area contributed by atoms with Crippen molar-refractivity contribution in [3.63, 3.8) is 0 Å². The summed E-state index contributed by atoms with van der Waals surface area (Å²) in [6, 6.07) is 9.45. The SMILES string of the molecule is [CH2-][NH+]1CCCC(COc2cccc(C#N)c2)C1. The van der Waals surface area contributed by atoms with E-state index in [-0.39, 0.29) is 0 Å². The van der Waals surface area contributed by atoms with Crippen LogP contribution in [0.3, 0.4) is 0 Å². The van der Waals surface area contributed by atoms with Gasteiger partial charge in [0.05, 0.1) is 31.3 Å². The van der Waals surface area contributed by atoms with E-state index >= 15 is 0 Å². The molecule has 0 aromatic heterocycles. The standard InChI is InChI=1S/C14H18N2O/c1-16-7-3-5-13(10-16)11-17-14-6-2-4-12(8-14)9-15/h2,4,6,8,13,16H,1,3,5,7,10-11H2. The van der Waals surface area contributed by atoms with Crippen molar-refractivity contribution in [2.75, 3.05) is 19.7 Å². The Kier molecular flexibility index (Phi) is 4.00. The maximum absolute atomic E-state index is 8.80. The molecule has 0 bridgehead atoms. The molecule has 2 atom stereocenters. The third kappa shape index (κ3) is 3.47. The molecular formula is C14H18N2O. The number of hydrogen-bond donors (Lipinski definition) is 1. The first-order chi connectivity index (χ1) is 8.28. The number of nitrogens with zero attached hydrogens (tertiary/aromatic N) is 1. The minimum Gasteiger partial charge on any atom is -0.493 e. The Morgan fingerprint density at radius 2 is 2.41 bits per heavy atom. The molecule has 3 nitrogen and oxygen atoms in total. The van der Waals surface area contributed by atoms with Crippen molar-refractivity contribution < 1.29 is 9.64 Å². The largest absolute Gasteiger partial charge is 0.493 e. The molecule has 17 heavy (non-hydrogen) atoms. The van der Waals surface area contributed by atoms with Crippen molar-refractivity contribution in [1.82, 2.24) is 0 Å². The van der Waals surface area contributed by atoms with E-state index in [2.05, 4.69) is 13.1 Å². The van der Waals surface area contributed by atoms with Crippen LogP contribution in [0.2, 0.25) is 0 Å². The normalized spacial score (nSPS) is 24.0. The van der Waals surface area contributed by atoms with Crippen molar-refractivity contribution in [2.45, 2.75) is 12.8 Å². The molecule has 1 heterocycles. The number of piperidine rings is 1. The first-order valence-corrected chi connectivity index (χ1v) is 6.07. The summed E-state index contributed by atoms with van der Waals surface area (Å²) < 4.78 is 5.74. The fourth-order valence-electron chi connectivity index (χ4n) is 2.26. The van der Waals surface area contributed by atoms with Gasteiger partial charge in [0.25, 0.3) is 0 Å². The third-order valence-corrected chi connectivity index (χ3v) is 3.17. The zero-order valence-electron chi connectivity index (χ0n) is 9.98. The lowest BCUT2D eigenvalue weighted by atomic mass is 10.00. The van der Waals surface area contributed by atoms with Gasteiger partial charge in [0, 0.05) is 5.92 Å². The molecule has 0 spiro atoms. The number of nitrogens with one attached hydrogen (secondary N) is 1. The van der Waals surface area contributed by atoms with Gasteiger partial charge in [-0.2, -0.15) is 12.3 Å². The number of benzene rings is 1. The molecule has 2 unspecified atom stereocenters. The van der Waals surface area contributed by atoms with Crippen LogP contribution in [0.15, 0.2) is 24.3 Å². The van der Waals surface area contributed by atoms with Gasteiger partial charge in [-0.25, -0.2) is 0 Å². The van der Waals surface area contributed by atoms with Crippen LogP contribution in [-0.4, -0.2) is 19.7 Å². The van der Waals surface area contributed by atoms with Crippen LogP contribution in [0.25, 0.3) is 0 Å². The van der Waals surface area contributed by atoms with Gasteiger partial charge in [0.15, 0.2) is 0 Å². The first-order valence-electron chi connectivity index (χ1n) is 6.07. The second-order valence-electron chi connectivity index (χ2n) is 4.66. The molecular weight excluding hydrogens is 212 g/mol. The predicted octanol–water partition coefficient (Wildman–Crippen LogP) is 1.02. The lowest BCUT2D eigenvalue weighted by molar-refractivity contribution is -0.863. The Hall–Kier alpha value is -1.53.